The number of thioether (sulfide) groups is 1. The second-order valence-corrected chi connectivity index (χ2v) is 8.12. The average molecular weight is 367 g/mol. The van der Waals surface area contributed by atoms with Crippen LogP contribution in [0.3, 0.4) is 0 Å². The minimum Gasteiger partial charge on any atom is -0.229 e. The SMILES string of the molecule is Clc1ccc(CSc2ncnc3sc4c(c23)CCC4)cc1Cl. The van der Waals surface area contributed by atoms with Crippen molar-refractivity contribution in [2.75, 3.05) is 0 Å². The zero-order valence-electron chi connectivity index (χ0n) is 11.6. The predicted molar refractivity (Wildman–Crippen MR) is 95.5 cm³/mol. The highest BCUT2D eigenvalue weighted by Gasteiger charge is 2.21. The molecular weight excluding hydrogens is 355 g/mol. The van der Waals surface area contributed by atoms with E-state index in [1.54, 1.807) is 18.1 Å². The van der Waals surface area contributed by atoms with Gasteiger partial charge in [0.1, 0.15) is 16.2 Å². The maximum atomic E-state index is 6.08. The number of thiophene rings is 1. The number of aryl methyl sites for hydroxylation is 2. The number of benzene rings is 1. The Kier molecular flexibility index (Phi) is 4.03. The van der Waals surface area contributed by atoms with Crippen LogP contribution in [0.2, 0.25) is 10.0 Å². The molecule has 0 atom stereocenters. The Morgan fingerprint density at radius 3 is 2.91 bits per heavy atom. The van der Waals surface area contributed by atoms with E-state index in [0.717, 1.165) is 27.6 Å². The summed E-state index contributed by atoms with van der Waals surface area (Å²) in [5.41, 5.74) is 2.62. The fourth-order valence-corrected chi connectivity index (χ4v) is 5.37. The Hall–Kier alpha value is -0.810. The molecule has 4 rings (SSSR count). The lowest BCUT2D eigenvalue weighted by Crippen LogP contribution is -1.88. The number of aromatic nitrogens is 2. The molecule has 0 N–H and O–H groups in total. The number of hydrogen-bond acceptors (Lipinski definition) is 4. The van der Waals surface area contributed by atoms with Gasteiger partial charge in [0.05, 0.1) is 10.0 Å². The summed E-state index contributed by atoms with van der Waals surface area (Å²) in [6.45, 7) is 0. The first-order valence-electron chi connectivity index (χ1n) is 7.04. The summed E-state index contributed by atoms with van der Waals surface area (Å²) in [4.78, 5) is 11.6. The van der Waals surface area contributed by atoms with Crippen molar-refractivity contribution in [3.8, 4) is 0 Å². The molecule has 1 aliphatic carbocycles. The van der Waals surface area contributed by atoms with Gasteiger partial charge in [-0.25, -0.2) is 9.97 Å². The normalized spacial score (nSPS) is 13.7. The third-order valence-electron chi connectivity index (χ3n) is 3.83. The van der Waals surface area contributed by atoms with Crippen molar-refractivity contribution >= 4 is 56.5 Å². The van der Waals surface area contributed by atoms with Gasteiger partial charge in [-0.15, -0.1) is 23.1 Å². The summed E-state index contributed by atoms with van der Waals surface area (Å²) in [6.07, 6.45) is 5.27. The van der Waals surface area contributed by atoms with Gasteiger partial charge in [-0.1, -0.05) is 29.3 Å². The number of halogens is 2. The molecule has 0 saturated carbocycles. The van der Waals surface area contributed by atoms with E-state index in [1.807, 2.05) is 29.5 Å². The van der Waals surface area contributed by atoms with E-state index in [9.17, 15) is 0 Å². The Morgan fingerprint density at radius 2 is 2.05 bits per heavy atom. The minimum atomic E-state index is 0.593. The Labute approximate surface area is 146 Å². The molecule has 0 bridgehead atoms. The van der Waals surface area contributed by atoms with Crippen LogP contribution in [0.1, 0.15) is 22.4 Å². The van der Waals surface area contributed by atoms with Crippen LogP contribution in [-0.2, 0) is 18.6 Å². The van der Waals surface area contributed by atoms with E-state index in [0.29, 0.717) is 10.0 Å². The zero-order valence-corrected chi connectivity index (χ0v) is 14.7. The summed E-state index contributed by atoms with van der Waals surface area (Å²) >= 11 is 15.6. The molecular formula is C16H12Cl2N2S2. The van der Waals surface area contributed by atoms with E-state index in [1.165, 1.54) is 28.7 Å². The summed E-state index contributed by atoms with van der Waals surface area (Å²) in [6, 6.07) is 5.78. The lowest BCUT2D eigenvalue weighted by atomic mass is 10.2. The molecule has 2 aromatic heterocycles. The van der Waals surface area contributed by atoms with Gasteiger partial charge in [0.2, 0.25) is 0 Å². The molecule has 0 saturated heterocycles. The van der Waals surface area contributed by atoms with E-state index < -0.39 is 0 Å². The number of fused-ring (bicyclic) bond motifs is 3. The summed E-state index contributed by atoms with van der Waals surface area (Å²) in [7, 11) is 0. The summed E-state index contributed by atoms with van der Waals surface area (Å²) < 4.78 is 0. The molecule has 112 valence electrons. The van der Waals surface area contributed by atoms with Crippen molar-refractivity contribution in [3.63, 3.8) is 0 Å². The Morgan fingerprint density at radius 1 is 1.14 bits per heavy atom. The quantitative estimate of drug-likeness (QED) is 0.434. The maximum absolute atomic E-state index is 6.08. The van der Waals surface area contributed by atoms with Crippen LogP contribution in [0.15, 0.2) is 29.6 Å². The molecule has 2 heterocycles. The Bertz CT molecular complexity index is 861. The Balaban J connectivity index is 1.65. The third-order valence-corrected chi connectivity index (χ3v) is 6.83. The van der Waals surface area contributed by atoms with Crippen LogP contribution >= 0.6 is 46.3 Å². The molecule has 0 fully saturated rings. The number of hydrogen-bond donors (Lipinski definition) is 0. The largest absolute Gasteiger partial charge is 0.229 e. The fraction of sp³-hybridized carbons (Fsp3) is 0.250. The highest BCUT2D eigenvalue weighted by molar-refractivity contribution is 7.98. The molecule has 22 heavy (non-hydrogen) atoms. The number of nitrogens with zero attached hydrogens (tertiary/aromatic N) is 2. The highest BCUT2D eigenvalue weighted by Crippen LogP contribution is 2.40. The zero-order chi connectivity index (χ0) is 15.1. The van der Waals surface area contributed by atoms with E-state index >= 15 is 0 Å². The standard InChI is InChI=1S/C16H12Cl2N2S2/c17-11-5-4-9(6-12(11)18)7-21-15-14-10-2-1-3-13(10)22-16(14)20-8-19-15/h4-6,8H,1-3,7H2. The lowest BCUT2D eigenvalue weighted by molar-refractivity contribution is 0.915. The van der Waals surface area contributed by atoms with E-state index in [2.05, 4.69) is 9.97 Å². The first-order chi connectivity index (χ1) is 10.7. The molecule has 2 nitrogen and oxygen atoms in total. The molecule has 0 spiro atoms. The second kappa shape index (κ2) is 6.00. The average Bonchev–Trinajstić information content (AvgIpc) is 3.09. The fourth-order valence-electron chi connectivity index (χ4n) is 2.79. The molecule has 0 amide bonds. The topological polar surface area (TPSA) is 25.8 Å². The van der Waals surface area contributed by atoms with Crippen LogP contribution < -0.4 is 0 Å². The first kappa shape index (κ1) is 14.8. The molecule has 0 radical (unpaired) electrons. The van der Waals surface area contributed by atoms with Crippen molar-refractivity contribution < 1.29 is 0 Å². The van der Waals surface area contributed by atoms with Gasteiger partial charge in [0.15, 0.2) is 0 Å². The molecule has 1 aliphatic rings. The molecule has 0 aliphatic heterocycles. The monoisotopic (exact) mass is 366 g/mol. The van der Waals surface area contributed by atoms with E-state index in [-0.39, 0.29) is 0 Å². The van der Waals surface area contributed by atoms with Crippen LogP contribution in [0.4, 0.5) is 0 Å². The minimum absolute atomic E-state index is 0.593. The highest BCUT2D eigenvalue weighted by atomic mass is 35.5. The van der Waals surface area contributed by atoms with Gasteiger partial charge in [-0.3, -0.25) is 0 Å². The van der Waals surface area contributed by atoms with Crippen molar-refractivity contribution in [2.24, 2.45) is 0 Å². The van der Waals surface area contributed by atoms with Crippen LogP contribution in [0, 0.1) is 0 Å². The van der Waals surface area contributed by atoms with Gasteiger partial charge in [-0.2, -0.15) is 0 Å². The molecule has 3 aromatic rings. The van der Waals surface area contributed by atoms with Gasteiger partial charge >= 0.3 is 0 Å². The predicted octanol–water partition coefficient (Wildman–Crippen LogP) is 5.78. The number of rotatable bonds is 3. The second-order valence-electron chi connectivity index (χ2n) is 5.25. The summed E-state index contributed by atoms with van der Waals surface area (Å²) in [5, 5.41) is 3.54. The smallest absolute Gasteiger partial charge is 0.128 e. The van der Waals surface area contributed by atoms with Crippen LogP contribution in [-0.4, -0.2) is 9.97 Å². The van der Waals surface area contributed by atoms with Gasteiger partial charge < -0.3 is 0 Å². The lowest BCUT2D eigenvalue weighted by Gasteiger charge is -2.05. The first-order valence-corrected chi connectivity index (χ1v) is 9.60. The molecule has 6 heteroatoms. The summed E-state index contributed by atoms with van der Waals surface area (Å²) in [5.74, 6) is 0.827. The van der Waals surface area contributed by atoms with Crippen LogP contribution in [0.25, 0.3) is 10.2 Å². The van der Waals surface area contributed by atoms with Crippen LogP contribution in [0.5, 0.6) is 0 Å². The van der Waals surface area contributed by atoms with Gasteiger partial charge in [0, 0.05) is 16.0 Å². The molecule has 0 unspecified atom stereocenters. The van der Waals surface area contributed by atoms with Crippen molar-refractivity contribution in [1.82, 2.24) is 9.97 Å². The molecule has 1 aromatic carbocycles. The van der Waals surface area contributed by atoms with Crippen molar-refractivity contribution in [2.45, 2.75) is 30.0 Å². The maximum Gasteiger partial charge on any atom is 0.128 e. The van der Waals surface area contributed by atoms with Crippen molar-refractivity contribution in [1.29, 1.82) is 0 Å². The van der Waals surface area contributed by atoms with E-state index in [4.69, 9.17) is 23.2 Å². The van der Waals surface area contributed by atoms with Gasteiger partial charge in [0.25, 0.3) is 0 Å². The third kappa shape index (κ3) is 2.62. The van der Waals surface area contributed by atoms with Gasteiger partial charge in [-0.05, 0) is 42.5 Å². The van der Waals surface area contributed by atoms with Crippen molar-refractivity contribution in [3.05, 3.63) is 50.6 Å².